The van der Waals surface area contributed by atoms with Crippen LogP contribution in [-0.2, 0) is 4.79 Å². The van der Waals surface area contributed by atoms with Gasteiger partial charge in [0, 0.05) is 30.8 Å². The molecule has 1 saturated heterocycles. The molecule has 9 heteroatoms. The van der Waals surface area contributed by atoms with Gasteiger partial charge in [-0.1, -0.05) is 11.8 Å². The molecular weight excluding hydrogens is 330 g/mol. The van der Waals surface area contributed by atoms with E-state index in [0.29, 0.717) is 22.3 Å². The van der Waals surface area contributed by atoms with E-state index in [1.165, 1.54) is 30.3 Å². The van der Waals surface area contributed by atoms with Crippen LogP contribution in [0.5, 0.6) is 0 Å². The van der Waals surface area contributed by atoms with Crippen molar-refractivity contribution in [2.45, 2.75) is 24.4 Å². The van der Waals surface area contributed by atoms with Crippen molar-refractivity contribution in [1.29, 1.82) is 0 Å². The van der Waals surface area contributed by atoms with Crippen LogP contribution in [0.1, 0.15) is 19.3 Å². The van der Waals surface area contributed by atoms with E-state index < -0.39 is 4.92 Å². The Morgan fingerprint density at radius 2 is 1.96 bits per heavy atom. The number of carbonyl (C=O) groups excluding carboxylic acids is 1. The molecule has 3 rings (SSSR count). The number of carbonyl (C=O) groups is 1. The maximum absolute atomic E-state index is 12.1. The summed E-state index contributed by atoms with van der Waals surface area (Å²) in [5.41, 5.74) is 0.738. The molecule has 0 aliphatic carbocycles. The molecule has 1 amide bonds. The Bertz CT molecular complexity index is 725. The molecule has 0 bridgehead atoms. The summed E-state index contributed by atoms with van der Waals surface area (Å²) in [6.07, 6.45) is 3.33. The second-order valence-electron chi connectivity index (χ2n) is 5.50. The highest BCUT2D eigenvalue weighted by molar-refractivity contribution is 7.99. The number of nitro benzene ring substituents is 1. The van der Waals surface area contributed by atoms with E-state index in [4.69, 9.17) is 0 Å². The number of likely N-dealkylation sites (tertiary alicyclic amines) is 1. The zero-order valence-corrected chi connectivity index (χ0v) is 13.8. The van der Waals surface area contributed by atoms with Gasteiger partial charge in [0.05, 0.1) is 10.7 Å². The molecule has 0 saturated carbocycles. The molecule has 2 heterocycles. The maximum Gasteiger partial charge on any atom is 0.269 e. The monoisotopic (exact) mass is 347 g/mol. The van der Waals surface area contributed by atoms with Crippen molar-refractivity contribution in [3.63, 3.8) is 0 Å². The first-order chi connectivity index (χ1) is 11.6. The minimum Gasteiger partial charge on any atom is -0.342 e. The normalized spacial score (nSPS) is 14.6. The van der Waals surface area contributed by atoms with Gasteiger partial charge in [-0.3, -0.25) is 20.0 Å². The van der Waals surface area contributed by atoms with E-state index in [1.54, 1.807) is 12.1 Å². The number of aromatic nitrogens is 3. The molecule has 1 aromatic heterocycles. The van der Waals surface area contributed by atoms with E-state index >= 15 is 0 Å². The highest BCUT2D eigenvalue weighted by Crippen LogP contribution is 2.22. The number of hydrogen-bond acceptors (Lipinski definition) is 6. The van der Waals surface area contributed by atoms with Gasteiger partial charge in [0.25, 0.3) is 5.69 Å². The largest absolute Gasteiger partial charge is 0.342 e. The van der Waals surface area contributed by atoms with Gasteiger partial charge < -0.3 is 4.90 Å². The number of benzene rings is 1. The minimum absolute atomic E-state index is 0.0278. The maximum atomic E-state index is 12.1. The SMILES string of the molecule is O=C(CSc1n[nH]c(-c2ccc([N+](=O)[O-])cc2)n1)N1CCCCC1. The van der Waals surface area contributed by atoms with Crippen molar-refractivity contribution in [3.05, 3.63) is 34.4 Å². The van der Waals surface area contributed by atoms with E-state index in [9.17, 15) is 14.9 Å². The Hall–Kier alpha value is -2.42. The molecule has 1 N–H and O–H groups in total. The van der Waals surface area contributed by atoms with Gasteiger partial charge in [-0.15, -0.1) is 5.10 Å². The van der Waals surface area contributed by atoms with Crippen LogP contribution in [0.25, 0.3) is 11.4 Å². The standard InChI is InChI=1S/C15H17N5O3S/c21-13(19-8-2-1-3-9-19)10-24-15-16-14(17-18-15)11-4-6-12(7-5-11)20(22)23/h4-7H,1-3,8-10H2,(H,16,17,18). The lowest BCUT2D eigenvalue weighted by atomic mass is 10.1. The van der Waals surface area contributed by atoms with Crippen LogP contribution in [0.15, 0.2) is 29.4 Å². The summed E-state index contributed by atoms with van der Waals surface area (Å²) in [6.45, 7) is 1.67. The van der Waals surface area contributed by atoms with E-state index in [2.05, 4.69) is 15.2 Å². The average Bonchev–Trinajstić information content (AvgIpc) is 3.09. The molecule has 0 atom stereocenters. The predicted molar refractivity (Wildman–Crippen MR) is 89.6 cm³/mol. The highest BCUT2D eigenvalue weighted by Gasteiger charge is 2.17. The Morgan fingerprint density at radius 1 is 1.25 bits per heavy atom. The van der Waals surface area contributed by atoms with Crippen molar-refractivity contribution in [2.24, 2.45) is 0 Å². The molecule has 0 radical (unpaired) electrons. The van der Waals surface area contributed by atoms with Crippen molar-refractivity contribution >= 4 is 23.4 Å². The van der Waals surface area contributed by atoms with Crippen LogP contribution >= 0.6 is 11.8 Å². The molecule has 1 fully saturated rings. The number of non-ortho nitro benzene ring substituents is 1. The lowest BCUT2D eigenvalue weighted by Crippen LogP contribution is -2.36. The number of amides is 1. The Kier molecular flexibility index (Phi) is 5.09. The van der Waals surface area contributed by atoms with Crippen LogP contribution in [0.4, 0.5) is 5.69 Å². The van der Waals surface area contributed by atoms with E-state index in [0.717, 1.165) is 25.9 Å². The van der Waals surface area contributed by atoms with Gasteiger partial charge in [-0.25, -0.2) is 4.98 Å². The van der Waals surface area contributed by atoms with Crippen LogP contribution in [0, 0.1) is 10.1 Å². The summed E-state index contributed by atoms with van der Waals surface area (Å²) in [6, 6.07) is 6.08. The topological polar surface area (TPSA) is 105 Å². The van der Waals surface area contributed by atoms with Gasteiger partial charge in [0.15, 0.2) is 5.82 Å². The number of H-pyrrole nitrogens is 1. The fourth-order valence-corrected chi connectivity index (χ4v) is 3.24. The fourth-order valence-electron chi connectivity index (χ4n) is 2.54. The lowest BCUT2D eigenvalue weighted by molar-refractivity contribution is -0.384. The first-order valence-electron chi connectivity index (χ1n) is 7.71. The number of thioether (sulfide) groups is 1. The fraction of sp³-hybridized carbons (Fsp3) is 0.400. The predicted octanol–water partition coefficient (Wildman–Crippen LogP) is 2.48. The van der Waals surface area contributed by atoms with Crippen molar-refractivity contribution < 1.29 is 9.72 Å². The number of rotatable bonds is 5. The van der Waals surface area contributed by atoms with Gasteiger partial charge in [-0.2, -0.15) is 0 Å². The second-order valence-corrected chi connectivity index (χ2v) is 6.44. The Morgan fingerprint density at radius 3 is 2.62 bits per heavy atom. The third-order valence-corrected chi connectivity index (χ3v) is 4.68. The average molecular weight is 347 g/mol. The number of nitrogens with one attached hydrogen (secondary N) is 1. The number of nitrogens with zero attached hydrogens (tertiary/aromatic N) is 4. The molecule has 0 spiro atoms. The van der Waals surface area contributed by atoms with Crippen LogP contribution in [-0.4, -0.2) is 49.8 Å². The van der Waals surface area contributed by atoms with Crippen LogP contribution in [0.2, 0.25) is 0 Å². The molecular formula is C15H17N5O3S. The summed E-state index contributed by atoms with van der Waals surface area (Å²) < 4.78 is 0. The number of piperidine rings is 1. The lowest BCUT2D eigenvalue weighted by Gasteiger charge is -2.26. The molecule has 0 unspecified atom stereocenters. The molecule has 126 valence electrons. The van der Waals surface area contributed by atoms with Gasteiger partial charge >= 0.3 is 0 Å². The number of hydrogen-bond donors (Lipinski definition) is 1. The van der Waals surface area contributed by atoms with Crippen molar-refractivity contribution in [1.82, 2.24) is 20.1 Å². The third-order valence-electron chi connectivity index (χ3n) is 3.85. The molecule has 1 aliphatic heterocycles. The quantitative estimate of drug-likeness (QED) is 0.506. The molecule has 24 heavy (non-hydrogen) atoms. The molecule has 2 aromatic rings. The summed E-state index contributed by atoms with van der Waals surface area (Å²) in [7, 11) is 0. The van der Waals surface area contributed by atoms with E-state index in [-0.39, 0.29) is 11.6 Å². The number of aromatic amines is 1. The van der Waals surface area contributed by atoms with Crippen LogP contribution in [0.3, 0.4) is 0 Å². The second kappa shape index (κ2) is 7.43. The first-order valence-corrected chi connectivity index (χ1v) is 8.70. The van der Waals surface area contributed by atoms with Crippen molar-refractivity contribution in [2.75, 3.05) is 18.8 Å². The number of nitro groups is 1. The van der Waals surface area contributed by atoms with Gasteiger partial charge in [0.1, 0.15) is 0 Å². The van der Waals surface area contributed by atoms with Crippen LogP contribution < -0.4 is 0 Å². The molecule has 1 aliphatic rings. The summed E-state index contributed by atoms with van der Waals surface area (Å²) in [5.74, 6) is 0.955. The summed E-state index contributed by atoms with van der Waals surface area (Å²) in [4.78, 5) is 28.6. The molecule has 1 aromatic carbocycles. The highest BCUT2D eigenvalue weighted by atomic mass is 32.2. The smallest absolute Gasteiger partial charge is 0.269 e. The van der Waals surface area contributed by atoms with Gasteiger partial charge in [-0.05, 0) is 31.4 Å². The minimum atomic E-state index is -0.447. The Labute approximate surface area is 142 Å². The van der Waals surface area contributed by atoms with Crippen molar-refractivity contribution in [3.8, 4) is 11.4 Å². The zero-order valence-electron chi connectivity index (χ0n) is 13.0. The van der Waals surface area contributed by atoms with E-state index in [1.807, 2.05) is 4.90 Å². The summed E-state index contributed by atoms with van der Waals surface area (Å²) >= 11 is 1.29. The zero-order chi connectivity index (χ0) is 16.9. The van der Waals surface area contributed by atoms with Gasteiger partial charge in [0.2, 0.25) is 11.1 Å². The molecule has 8 nitrogen and oxygen atoms in total. The first kappa shape index (κ1) is 16.4. The Balaban J connectivity index is 1.58. The summed E-state index contributed by atoms with van der Waals surface area (Å²) in [5, 5.41) is 18.0. The third kappa shape index (κ3) is 3.91.